The average molecular weight is 214 g/mol. The molecule has 0 amide bonds. The Hall–Kier alpha value is -0.830. The molecule has 0 saturated heterocycles. The van der Waals surface area contributed by atoms with Crippen LogP contribution in [0.4, 0.5) is 0 Å². The monoisotopic (exact) mass is 213 g/mol. The summed E-state index contributed by atoms with van der Waals surface area (Å²) in [6.07, 6.45) is 1.13. The third kappa shape index (κ3) is 1.60. The standard InChI is InChI=1S/C8H8BrNO/c1-5-2-6(4-10)8(11)7(9)3-5/h2-4,10-11H,1H3. The Morgan fingerprint density at radius 3 is 2.73 bits per heavy atom. The topological polar surface area (TPSA) is 44.1 Å². The first kappa shape index (κ1) is 8.27. The van der Waals surface area contributed by atoms with Crippen molar-refractivity contribution in [3.05, 3.63) is 27.7 Å². The number of benzene rings is 1. The van der Waals surface area contributed by atoms with E-state index in [0.717, 1.165) is 11.8 Å². The summed E-state index contributed by atoms with van der Waals surface area (Å²) in [4.78, 5) is 0. The van der Waals surface area contributed by atoms with Gasteiger partial charge in [-0.15, -0.1) is 0 Å². The minimum absolute atomic E-state index is 0.130. The summed E-state index contributed by atoms with van der Waals surface area (Å²) in [6.45, 7) is 1.91. The van der Waals surface area contributed by atoms with Crippen LogP contribution in [0.3, 0.4) is 0 Å². The third-order valence-electron chi connectivity index (χ3n) is 1.39. The second-order valence-corrected chi connectivity index (χ2v) is 3.18. The van der Waals surface area contributed by atoms with Gasteiger partial charge in [0.05, 0.1) is 4.47 Å². The predicted octanol–water partition coefficient (Wildman–Crippen LogP) is 2.46. The molecule has 0 aromatic heterocycles. The first-order chi connectivity index (χ1) is 5.15. The summed E-state index contributed by atoms with van der Waals surface area (Å²) < 4.78 is 0.635. The van der Waals surface area contributed by atoms with E-state index in [-0.39, 0.29) is 5.75 Å². The van der Waals surface area contributed by atoms with Crippen LogP contribution in [-0.4, -0.2) is 11.3 Å². The van der Waals surface area contributed by atoms with Crippen molar-refractivity contribution in [3.8, 4) is 5.75 Å². The fourth-order valence-electron chi connectivity index (χ4n) is 0.871. The second-order valence-electron chi connectivity index (χ2n) is 2.33. The molecule has 0 fully saturated rings. The van der Waals surface area contributed by atoms with Gasteiger partial charge >= 0.3 is 0 Å². The highest BCUT2D eigenvalue weighted by atomic mass is 79.9. The van der Waals surface area contributed by atoms with Gasteiger partial charge in [0.2, 0.25) is 0 Å². The number of rotatable bonds is 1. The lowest BCUT2D eigenvalue weighted by atomic mass is 10.1. The van der Waals surface area contributed by atoms with E-state index in [1.54, 1.807) is 6.07 Å². The van der Waals surface area contributed by atoms with E-state index in [0.29, 0.717) is 10.0 Å². The van der Waals surface area contributed by atoms with Gasteiger partial charge < -0.3 is 10.5 Å². The fraction of sp³-hybridized carbons (Fsp3) is 0.125. The Labute approximate surface area is 73.5 Å². The molecule has 3 heteroatoms. The maximum Gasteiger partial charge on any atom is 0.138 e. The molecule has 2 N–H and O–H groups in total. The summed E-state index contributed by atoms with van der Waals surface area (Å²) >= 11 is 3.18. The van der Waals surface area contributed by atoms with Gasteiger partial charge in [-0.2, -0.15) is 0 Å². The highest BCUT2D eigenvalue weighted by Crippen LogP contribution is 2.27. The molecule has 1 aromatic carbocycles. The van der Waals surface area contributed by atoms with E-state index in [1.807, 2.05) is 13.0 Å². The zero-order chi connectivity index (χ0) is 8.43. The van der Waals surface area contributed by atoms with E-state index >= 15 is 0 Å². The first-order valence-electron chi connectivity index (χ1n) is 3.14. The molecule has 1 aromatic rings. The van der Waals surface area contributed by atoms with Crippen LogP contribution in [0.15, 0.2) is 16.6 Å². The molecule has 0 spiro atoms. The Bertz CT molecular complexity index is 296. The van der Waals surface area contributed by atoms with Gasteiger partial charge in [-0.25, -0.2) is 0 Å². The van der Waals surface area contributed by atoms with E-state index in [2.05, 4.69) is 15.9 Å². The zero-order valence-electron chi connectivity index (χ0n) is 6.06. The molecule has 0 saturated carbocycles. The van der Waals surface area contributed by atoms with Crippen LogP contribution >= 0.6 is 15.9 Å². The van der Waals surface area contributed by atoms with Crippen LogP contribution in [0.25, 0.3) is 0 Å². The summed E-state index contributed by atoms with van der Waals surface area (Å²) in [5, 5.41) is 16.3. The molecular formula is C8H8BrNO. The maximum atomic E-state index is 9.32. The number of hydrogen-bond donors (Lipinski definition) is 2. The highest BCUT2D eigenvalue weighted by Gasteiger charge is 2.02. The van der Waals surface area contributed by atoms with Crippen LogP contribution in [0.1, 0.15) is 11.1 Å². The van der Waals surface area contributed by atoms with Crippen molar-refractivity contribution in [2.45, 2.75) is 6.92 Å². The van der Waals surface area contributed by atoms with Crippen molar-refractivity contribution >= 4 is 22.1 Å². The fourth-order valence-corrected chi connectivity index (χ4v) is 1.46. The molecule has 11 heavy (non-hydrogen) atoms. The molecule has 0 atom stereocenters. The van der Waals surface area contributed by atoms with Gasteiger partial charge in [0.25, 0.3) is 0 Å². The Balaban J connectivity index is 3.35. The van der Waals surface area contributed by atoms with E-state index in [1.165, 1.54) is 0 Å². The van der Waals surface area contributed by atoms with Gasteiger partial charge in [0, 0.05) is 11.8 Å². The van der Waals surface area contributed by atoms with Gasteiger partial charge in [0.1, 0.15) is 5.75 Å². The third-order valence-corrected chi connectivity index (χ3v) is 2.00. The zero-order valence-corrected chi connectivity index (χ0v) is 7.64. The Kier molecular flexibility index (Phi) is 2.29. The summed E-state index contributed by atoms with van der Waals surface area (Å²) in [5.74, 6) is 0.130. The van der Waals surface area contributed by atoms with Gasteiger partial charge in [-0.05, 0) is 40.5 Å². The van der Waals surface area contributed by atoms with Crippen LogP contribution in [0, 0.1) is 12.3 Å². The average Bonchev–Trinajstić information content (AvgIpc) is 1.96. The van der Waals surface area contributed by atoms with Crippen molar-refractivity contribution in [3.63, 3.8) is 0 Å². The Morgan fingerprint density at radius 2 is 2.18 bits per heavy atom. The van der Waals surface area contributed by atoms with Crippen LogP contribution in [-0.2, 0) is 0 Å². The van der Waals surface area contributed by atoms with Crippen LogP contribution in [0.5, 0.6) is 5.75 Å². The molecule has 0 aliphatic rings. The molecule has 1 rings (SSSR count). The molecule has 0 unspecified atom stereocenters. The van der Waals surface area contributed by atoms with E-state index in [9.17, 15) is 5.11 Å². The second kappa shape index (κ2) is 3.05. The van der Waals surface area contributed by atoms with Crippen molar-refractivity contribution in [1.82, 2.24) is 0 Å². The predicted molar refractivity (Wildman–Crippen MR) is 48.4 cm³/mol. The molecule has 0 aliphatic heterocycles. The maximum absolute atomic E-state index is 9.32. The summed E-state index contributed by atoms with van der Waals surface area (Å²) in [5.41, 5.74) is 1.56. The molecule has 0 heterocycles. The number of phenols is 1. The first-order valence-corrected chi connectivity index (χ1v) is 3.94. The van der Waals surface area contributed by atoms with Crippen LogP contribution in [0.2, 0.25) is 0 Å². The largest absolute Gasteiger partial charge is 0.506 e. The number of nitrogens with one attached hydrogen (secondary N) is 1. The number of aryl methyl sites for hydroxylation is 1. The van der Waals surface area contributed by atoms with Gasteiger partial charge in [-0.1, -0.05) is 0 Å². The molecule has 0 radical (unpaired) electrons. The van der Waals surface area contributed by atoms with E-state index in [4.69, 9.17) is 5.41 Å². The minimum Gasteiger partial charge on any atom is -0.506 e. The minimum atomic E-state index is 0.130. The molecular weight excluding hydrogens is 206 g/mol. The number of hydrogen-bond acceptors (Lipinski definition) is 2. The van der Waals surface area contributed by atoms with Crippen molar-refractivity contribution < 1.29 is 5.11 Å². The van der Waals surface area contributed by atoms with Crippen molar-refractivity contribution in [2.75, 3.05) is 0 Å². The smallest absolute Gasteiger partial charge is 0.138 e. The van der Waals surface area contributed by atoms with Crippen molar-refractivity contribution in [2.24, 2.45) is 0 Å². The SMILES string of the molecule is Cc1cc(Br)c(O)c(C=N)c1. The van der Waals surface area contributed by atoms with E-state index < -0.39 is 0 Å². The normalized spacial score (nSPS) is 9.64. The van der Waals surface area contributed by atoms with Crippen LogP contribution < -0.4 is 0 Å². The molecule has 0 aliphatic carbocycles. The lowest BCUT2D eigenvalue weighted by Crippen LogP contribution is -1.84. The molecule has 2 nitrogen and oxygen atoms in total. The highest BCUT2D eigenvalue weighted by molar-refractivity contribution is 9.10. The molecule has 58 valence electrons. The summed E-state index contributed by atoms with van der Waals surface area (Å²) in [6, 6.07) is 3.56. The van der Waals surface area contributed by atoms with Crippen molar-refractivity contribution in [1.29, 1.82) is 5.41 Å². The van der Waals surface area contributed by atoms with Gasteiger partial charge in [0.15, 0.2) is 0 Å². The number of phenolic OH excluding ortho intramolecular Hbond substituents is 1. The quantitative estimate of drug-likeness (QED) is 0.693. The van der Waals surface area contributed by atoms with Gasteiger partial charge in [-0.3, -0.25) is 0 Å². The number of aromatic hydroxyl groups is 1. The lowest BCUT2D eigenvalue weighted by Gasteiger charge is -2.01. The Morgan fingerprint density at radius 1 is 1.55 bits per heavy atom. The lowest BCUT2D eigenvalue weighted by molar-refractivity contribution is 0.471. The summed E-state index contributed by atoms with van der Waals surface area (Å²) in [7, 11) is 0. The number of halogens is 1. The molecule has 0 bridgehead atoms.